The fraction of sp³-hybridized carbons (Fsp3) is 0.375. The molecule has 132 valence electrons. The SMILES string of the molecule is CC1(C)OB(C(F)=Cc2c(Cl)nc3ccc(Cl)cn3c2=O)OC1(C)C. The first-order valence-electron chi connectivity index (χ1n) is 7.62. The van der Waals surface area contributed by atoms with E-state index in [0.29, 0.717) is 10.7 Å². The van der Waals surface area contributed by atoms with Crippen LogP contribution in [0.15, 0.2) is 28.9 Å². The summed E-state index contributed by atoms with van der Waals surface area (Å²) in [6, 6.07) is 3.13. The second-order valence-electron chi connectivity index (χ2n) is 6.81. The maximum Gasteiger partial charge on any atom is 0.525 e. The van der Waals surface area contributed by atoms with Gasteiger partial charge in [-0.25, -0.2) is 9.37 Å². The molecule has 25 heavy (non-hydrogen) atoms. The smallest absolute Gasteiger partial charge is 0.398 e. The summed E-state index contributed by atoms with van der Waals surface area (Å²) in [5, 5.41) is 0.235. The minimum Gasteiger partial charge on any atom is -0.398 e. The Morgan fingerprint density at radius 2 is 1.84 bits per heavy atom. The zero-order chi connectivity index (χ0) is 18.6. The van der Waals surface area contributed by atoms with Crippen molar-refractivity contribution >= 4 is 42.0 Å². The summed E-state index contributed by atoms with van der Waals surface area (Å²) in [5.41, 5.74) is -2.49. The fourth-order valence-corrected chi connectivity index (χ4v) is 2.76. The van der Waals surface area contributed by atoms with E-state index >= 15 is 0 Å². The Morgan fingerprint density at radius 1 is 1.24 bits per heavy atom. The zero-order valence-corrected chi connectivity index (χ0v) is 15.7. The van der Waals surface area contributed by atoms with Crippen molar-refractivity contribution in [3.8, 4) is 0 Å². The van der Waals surface area contributed by atoms with Crippen LogP contribution in [0.1, 0.15) is 33.3 Å². The van der Waals surface area contributed by atoms with Gasteiger partial charge in [0.25, 0.3) is 5.56 Å². The van der Waals surface area contributed by atoms with Crippen molar-refractivity contribution in [2.45, 2.75) is 38.9 Å². The van der Waals surface area contributed by atoms with E-state index in [1.54, 1.807) is 12.1 Å². The second-order valence-corrected chi connectivity index (χ2v) is 7.61. The Balaban J connectivity index is 2.05. The van der Waals surface area contributed by atoms with E-state index in [2.05, 4.69) is 4.98 Å². The Bertz CT molecular complexity index is 927. The van der Waals surface area contributed by atoms with Crippen LogP contribution in [0.4, 0.5) is 4.39 Å². The molecule has 9 heteroatoms. The number of halogens is 3. The molecule has 2 aromatic rings. The molecule has 0 N–H and O–H groups in total. The highest BCUT2D eigenvalue weighted by Crippen LogP contribution is 2.39. The highest BCUT2D eigenvalue weighted by atomic mass is 35.5. The molecule has 2 aromatic heterocycles. The molecular formula is C16H16BCl2FN2O3. The van der Waals surface area contributed by atoms with Crippen molar-refractivity contribution in [3.05, 3.63) is 50.1 Å². The monoisotopic (exact) mass is 384 g/mol. The van der Waals surface area contributed by atoms with Crippen LogP contribution >= 0.6 is 23.2 Å². The van der Waals surface area contributed by atoms with Crippen molar-refractivity contribution < 1.29 is 13.7 Å². The van der Waals surface area contributed by atoms with Crippen LogP contribution in [0.5, 0.6) is 0 Å². The highest BCUT2D eigenvalue weighted by molar-refractivity contribution is 6.54. The van der Waals surface area contributed by atoms with Crippen molar-refractivity contribution in [3.63, 3.8) is 0 Å². The molecule has 1 saturated heterocycles. The largest absolute Gasteiger partial charge is 0.525 e. The van der Waals surface area contributed by atoms with Gasteiger partial charge < -0.3 is 9.31 Å². The zero-order valence-electron chi connectivity index (χ0n) is 14.1. The molecule has 0 radical (unpaired) electrons. The molecule has 0 saturated carbocycles. The summed E-state index contributed by atoms with van der Waals surface area (Å²) in [6.45, 7) is 7.23. The molecule has 5 nitrogen and oxygen atoms in total. The molecule has 0 unspecified atom stereocenters. The lowest BCUT2D eigenvalue weighted by atomic mass is 9.87. The molecule has 0 aromatic carbocycles. The lowest BCUT2D eigenvalue weighted by Crippen LogP contribution is -2.41. The number of rotatable bonds is 2. The molecule has 1 fully saturated rings. The quantitative estimate of drug-likeness (QED) is 0.581. The van der Waals surface area contributed by atoms with Gasteiger partial charge in [-0.15, -0.1) is 0 Å². The van der Waals surface area contributed by atoms with Gasteiger partial charge >= 0.3 is 7.12 Å². The van der Waals surface area contributed by atoms with Gasteiger partial charge in [0, 0.05) is 6.20 Å². The normalized spacial score (nSPS) is 19.6. The third-order valence-corrected chi connectivity index (χ3v) is 5.05. The van der Waals surface area contributed by atoms with E-state index in [1.807, 2.05) is 27.7 Å². The maximum atomic E-state index is 14.7. The molecule has 3 heterocycles. The molecule has 0 spiro atoms. The molecule has 0 atom stereocenters. The summed E-state index contributed by atoms with van der Waals surface area (Å²) >= 11 is 12.0. The van der Waals surface area contributed by atoms with Crippen molar-refractivity contribution in [2.75, 3.05) is 0 Å². The Hall–Kier alpha value is -1.41. The maximum absolute atomic E-state index is 14.7. The molecule has 1 aliphatic heterocycles. The molecule has 0 bridgehead atoms. The van der Waals surface area contributed by atoms with E-state index in [-0.39, 0.29) is 10.7 Å². The summed E-state index contributed by atoms with van der Waals surface area (Å²) in [6.07, 6.45) is 2.39. The summed E-state index contributed by atoms with van der Waals surface area (Å²) in [4.78, 5) is 16.7. The predicted molar refractivity (Wildman–Crippen MR) is 96.6 cm³/mol. The average molecular weight is 385 g/mol. The van der Waals surface area contributed by atoms with Crippen LogP contribution in [0.2, 0.25) is 10.2 Å². The van der Waals surface area contributed by atoms with Crippen LogP contribution in [0.25, 0.3) is 11.7 Å². The van der Waals surface area contributed by atoms with E-state index in [1.165, 1.54) is 10.6 Å². The van der Waals surface area contributed by atoms with Gasteiger partial charge in [-0.05, 0) is 45.9 Å². The lowest BCUT2D eigenvalue weighted by Gasteiger charge is -2.32. The third-order valence-electron chi connectivity index (χ3n) is 4.54. The first kappa shape index (κ1) is 18.4. The standard InChI is InChI=1S/C16H16BCl2FN2O3/c1-15(2)16(3,4)25-17(24-15)11(20)7-10-13(19)21-12-6-5-9(18)8-22(12)14(10)23/h5-8H,1-4H3. The van der Waals surface area contributed by atoms with Gasteiger partial charge in [-0.1, -0.05) is 23.2 Å². The third kappa shape index (κ3) is 3.22. The highest BCUT2D eigenvalue weighted by Gasteiger charge is 2.53. The van der Waals surface area contributed by atoms with Crippen LogP contribution in [0.3, 0.4) is 0 Å². The lowest BCUT2D eigenvalue weighted by molar-refractivity contribution is 0.00578. The summed E-state index contributed by atoms with van der Waals surface area (Å²) in [5.74, 6) is 0. The second kappa shape index (κ2) is 6.09. The van der Waals surface area contributed by atoms with Gasteiger partial charge in [-0.2, -0.15) is 0 Å². The van der Waals surface area contributed by atoms with E-state index in [0.717, 1.165) is 6.08 Å². The molecule has 0 aliphatic carbocycles. The van der Waals surface area contributed by atoms with Crippen LogP contribution < -0.4 is 5.56 Å². The molecule has 1 aliphatic rings. The van der Waals surface area contributed by atoms with Gasteiger partial charge in [0.15, 0.2) is 0 Å². The Labute approximate surface area is 154 Å². The van der Waals surface area contributed by atoms with Crippen molar-refractivity contribution in [2.24, 2.45) is 0 Å². The van der Waals surface area contributed by atoms with Gasteiger partial charge in [0.2, 0.25) is 0 Å². The molecule has 0 amide bonds. The molecule has 3 rings (SSSR count). The minimum atomic E-state index is -1.22. The first-order chi connectivity index (χ1) is 11.5. The molecular weight excluding hydrogens is 369 g/mol. The average Bonchev–Trinajstić information content (AvgIpc) is 2.73. The topological polar surface area (TPSA) is 52.8 Å². The minimum absolute atomic E-state index is 0.103. The number of hydrogen-bond acceptors (Lipinski definition) is 4. The van der Waals surface area contributed by atoms with E-state index in [4.69, 9.17) is 32.5 Å². The summed E-state index contributed by atoms with van der Waals surface area (Å²) < 4.78 is 27.1. The number of pyridine rings is 1. The first-order valence-corrected chi connectivity index (χ1v) is 8.37. The van der Waals surface area contributed by atoms with Gasteiger partial charge in [0.1, 0.15) is 16.5 Å². The Kier molecular flexibility index (Phi) is 4.48. The van der Waals surface area contributed by atoms with E-state index in [9.17, 15) is 9.18 Å². The Morgan fingerprint density at radius 3 is 2.44 bits per heavy atom. The van der Waals surface area contributed by atoms with Crippen molar-refractivity contribution in [1.82, 2.24) is 9.38 Å². The fourth-order valence-electron chi connectivity index (χ4n) is 2.38. The van der Waals surface area contributed by atoms with Crippen molar-refractivity contribution in [1.29, 1.82) is 0 Å². The van der Waals surface area contributed by atoms with Crippen LogP contribution in [0, 0.1) is 0 Å². The number of fused-ring (bicyclic) bond motifs is 1. The summed E-state index contributed by atoms with van der Waals surface area (Å²) in [7, 11) is -1.22. The van der Waals surface area contributed by atoms with Gasteiger partial charge in [0.05, 0.1) is 21.8 Å². The van der Waals surface area contributed by atoms with E-state index < -0.39 is 29.6 Å². The van der Waals surface area contributed by atoms with Crippen LogP contribution in [-0.2, 0) is 9.31 Å². The predicted octanol–water partition coefficient (Wildman–Crippen LogP) is 3.94. The van der Waals surface area contributed by atoms with Gasteiger partial charge in [-0.3, -0.25) is 9.20 Å². The number of hydrogen-bond donors (Lipinski definition) is 0. The number of nitrogens with zero attached hydrogens (tertiary/aromatic N) is 2. The number of aromatic nitrogens is 2. The van der Waals surface area contributed by atoms with Crippen LogP contribution in [-0.4, -0.2) is 27.7 Å².